The highest BCUT2D eigenvalue weighted by molar-refractivity contribution is 7.99. The first kappa shape index (κ1) is 19.6. The van der Waals surface area contributed by atoms with Gasteiger partial charge >= 0.3 is 0 Å². The molecule has 2 aromatic rings. The van der Waals surface area contributed by atoms with E-state index in [4.69, 9.17) is 9.47 Å². The summed E-state index contributed by atoms with van der Waals surface area (Å²) in [6.07, 6.45) is 3.28. The highest BCUT2D eigenvalue weighted by Crippen LogP contribution is 2.16. The normalized spacial score (nSPS) is 10.5. The zero-order valence-electron chi connectivity index (χ0n) is 14.7. The monoisotopic (exact) mass is 370 g/mol. The third-order valence-electron chi connectivity index (χ3n) is 3.29. The van der Waals surface area contributed by atoms with Crippen molar-refractivity contribution in [2.45, 2.75) is 5.75 Å². The minimum absolute atomic E-state index is 0.140. The molecule has 0 aliphatic rings. The number of carbonyl (C=O) groups excluding carboxylic acids is 1. The van der Waals surface area contributed by atoms with Crippen molar-refractivity contribution in [2.24, 2.45) is 5.10 Å². The molecule has 0 heterocycles. The molecule has 136 valence electrons. The number of amides is 1. The Kier molecular flexibility index (Phi) is 8.29. The van der Waals surface area contributed by atoms with Crippen molar-refractivity contribution in [2.75, 3.05) is 19.5 Å². The maximum absolute atomic E-state index is 11.8. The molecule has 2 rings (SSSR count). The van der Waals surface area contributed by atoms with E-state index in [0.29, 0.717) is 12.4 Å². The van der Waals surface area contributed by atoms with Gasteiger partial charge in [0.05, 0.1) is 19.1 Å². The second-order valence-corrected chi connectivity index (χ2v) is 6.29. The van der Waals surface area contributed by atoms with Gasteiger partial charge in [0.2, 0.25) is 5.91 Å². The molecule has 2 aromatic carbocycles. The molecule has 5 nitrogen and oxygen atoms in total. The van der Waals surface area contributed by atoms with E-state index in [2.05, 4.69) is 17.1 Å². The van der Waals surface area contributed by atoms with E-state index in [9.17, 15) is 4.79 Å². The maximum Gasteiger partial charge on any atom is 0.250 e. The first-order valence-corrected chi connectivity index (χ1v) is 9.23. The van der Waals surface area contributed by atoms with Gasteiger partial charge in [-0.15, -0.1) is 11.8 Å². The van der Waals surface area contributed by atoms with Crippen molar-refractivity contribution in [3.63, 3.8) is 0 Å². The van der Waals surface area contributed by atoms with E-state index >= 15 is 0 Å². The molecule has 0 aromatic heterocycles. The Labute approximate surface area is 158 Å². The summed E-state index contributed by atoms with van der Waals surface area (Å²) in [5, 5.41) is 3.98. The number of methoxy groups -OCH3 is 1. The van der Waals surface area contributed by atoms with Gasteiger partial charge in [-0.05, 0) is 35.4 Å². The first-order chi connectivity index (χ1) is 12.7. The predicted octanol–water partition coefficient (Wildman–Crippen LogP) is 3.64. The molecule has 6 heteroatoms. The number of carbonyl (C=O) groups is 1. The first-order valence-electron chi connectivity index (χ1n) is 8.07. The molecule has 0 aliphatic carbocycles. The summed E-state index contributed by atoms with van der Waals surface area (Å²) < 4.78 is 10.6. The lowest BCUT2D eigenvalue weighted by molar-refractivity contribution is -0.118. The van der Waals surface area contributed by atoms with Crippen LogP contribution in [-0.2, 0) is 10.5 Å². The predicted molar refractivity (Wildman–Crippen MR) is 107 cm³/mol. The second-order valence-electron chi connectivity index (χ2n) is 5.31. The van der Waals surface area contributed by atoms with Crippen LogP contribution in [0.2, 0.25) is 0 Å². The Hall–Kier alpha value is -2.73. The molecule has 1 amide bonds. The number of hydrogen-bond acceptors (Lipinski definition) is 5. The molecular weight excluding hydrogens is 348 g/mol. The minimum Gasteiger partial charge on any atom is -0.497 e. The van der Waals surface area contributed by atoms with E-state index in [1.807, 2.05) is 48.5 Å². The lowest BCUT2D eigenvalue weighted by atomic mass is 10.2. The number of thioether (sulfide) groups is 1. The number of benzene rings is 2. The van der Waals surface area contributed by atoms with Crippen LogP contribution in [0.3, 0.4) is 0 Å². The van der Waals surface area contributed by atoms with Crippen molar-refractivity contribution < 1.29 is 14.3 Å². The molecule has 0 bridgehead atoms. The van der Waals surface area contributed by atoms with Gasteiger partial charge in [-0.2, -0.15) is 5.10 Å². The fraction of sp³-hybridized carbons (Fsp3) is 0.200. The number of hydrogen-bond donors (Lipinski definition) is 1. The van der Waals surface area contributed by atoms with Gasteiger partial charge in [-0.25, -0.2) is 5.43 Å². The van der Waals surface area contributed by atoms with Crippen LogP contribution in [0, 0.1) is 0 Å². The van der Waals surface area contributed by atoms with Crippen molar-refractivity contribution in [1.82, 2.24) is 5.43 Å². The van der Waals surface area contributed by atoms with Gasteiger partial charge in [0, 0.05) is 5.75 Å². The van der Waals surface area contributed by atoms with Gasteiger partial charge in [0.1, 0.15) is 18.1 Å². The topological polar surface area (TPSA) is 59.9 Å². The summed E-state index contributed by atoms with van der Waals surface area (Å²) in [6, 6.07) is 15.3. The molecule has 0 atom stereocenters. The highest BCUT2D eigenvalue weighted by Gasteiger charge is 2.01. The summed E-state index contributed by atoms with van der Waals surface area (Å²) in [4.78, 5) is 11.8. The maximum atomic E-state index is 11.8. The molecule has 0 unspecified atom stereocenters. The molecular formula is C20H22N2O3S. The Morgan fingerprint density at radius 1 is 1.23 bits per heavy atom. The summed E-state index contributed by atoms with van der Waals surface area (Å²) in [6.45, 7) is 4.06. The van der Waals surface area contributed by atoms with Gasteiger partial charge in [-0.3, -0.25) is 4.79 Å². The Morgan fingerprint density at radius 2 is 2.04 bits per heavy atom. The largest absolute Gasteiger partial charge is 0.497 e. The van der Waals surface area contributed by atoms with Crippen molar-refractivity contribution in [3.05, 3.63) is 72.3 Å². The molecule has 0 fully saturated rings. The van der Waals surface area contributed by atoms with Crippen LogP contribution in [0.4, 0.5) is 0 Å². The van der Waals surface area contributed by atoms with E-state index in [1.165, 1.54) is 11.8 Å². The van der Waals surface area contributed by atoms with E-state index < -0.39 is 0 Å². The van der Waals surface area contributed by atoms with Crippen molar-refractivity contribution in [1.29, 1.82) is 0 Å². The average molecular weight is 370 g/mol. The number of hydrazone groups is 1. The van der Waals surface area contributed by atoms with E-state index in [0.717, 1.165) is 28.4 Å². The molecule has 0 radical (unpaired) electrons. The minimum atomic E-state index is -0.140. The third kappa shape index (κ3) is 7.03. The molecule has 0 spiro atoms. The summed E-state index contributed by atoms with van der Waals surface area (Å²) in [5.74, 6) is 2.51. The highest BCUT2D eigenvalue weighted by atomic mass is 32.2. The second kappa shape index (κ2) is 11.0. The quantitative estimate of drug-likeness (QED) is 0.394. The Bertz CT molecular complexity index is 745. The van der Waals surface area contributed by atoms with E-state index in [1.54, 1.807) is 19.4 Å². The van der Waals surface area contributed by atoms with Gasteiger partial charge in [0.15, 0.2) is 0 Å². The fourth-order valence-corrected chi connectivity index (χ4v) is 2.81. The van der Waals surface area contributed by atoms with Crippen LogP contribution in [0.25, 0.3) is 0 Å². The van der Waals surface area contributed by atoms with Crippen molar-refractivity contribution in [3.8, 4) is 11.5 Å². The molecule has 0 aliphatic heterocycles. The molecule has 26 heavy (non-hydrogen) atoms. The van der Waals surface area contributed by atoms with Crippen LogP contribution in [0.5, 0.6) is 11.5 Å². The number of nitrogens with one attached hydrogen (secondary N) is 1. The molecule has 1 N–H and O–H groups in total. The molecule has 0 saturated carbocycles. The zero-order valence-corrected chi connectivity index (χ0v) is 15.5. The zero-order chi connectivity index (χ0) is 18.6. The fourth-order valence-electron chi connectivity index (χ4n) is 2.03. The lowest BCUT2D eigenvalue weighted by Gasteiger charge is -2.04. The van der Waals surface area contributed by atoms with E-state index in [-0.39, 0.29) is 5.91 Å². The summed E-state index contributed by atoms with van der Waals surface area (Å²) >= 11 is 1.53. The summed E-state index contributed by atoms with van der Waals surface area (Å²) in [5.41, 5.74) is 4.52. The molecule has 0 saturated heterocycles. The number of ether oxygens (including phenoxy) is 2. The standard InChI is InChI=1S/C20H22N2O3S/c1-3-11-25-19-6-4-5-17(12-19)13-21-22-20(23)15-26-14-16-7-9-18(24-2)10-8-16/h3-10,12-13H,1,11,14-15H2,2H3,(H,22,23)/b21-13-. The van der Waals surface area contributed by atoms with Gasteiger partial charge in [-0.1, -0.05) is 36.9 Å². The van der Waals surface area contributed by atoms with Crippen LogP contribution >= 0.6 is 11.8 Å². The Morgan fingerprint density at radius 3 is 2.77 bits per heavy atom. The third-order valence-corrected chi connectivity index (χ3v) is 4.29. The van der Waals surface area contributed by atoms with Crippen LogP contribution in [0.1, 0.15) is 11.1 Å². The van der Waals surface area contributed by atoms with Gasteiger partial charge < -0.3 is 9.47 Å². The smallest absolute Gasteiger partial charge is 0.250 e. The average Bonchev–Trinajstić information content (AvgIpc) is 2.67. The van der Waals surface area contributed by atoms with Crippen LogP contribution < -0.4 is 14.9 Å². The van der Waals surface area contributed by atoms with Gasteiger partial charge in [0.25, 0.3) is 0 Å². The number of rotatable bonds is 10. The number of nitrogens with zero attached hydrogens (tertiary/aromatic N) is 1. The van der Waals surface area contributed by atoms with Crippen molar-refractivity contribution >= 4 is 23.9 Å². The van der Waals surface area contributed by atoms with Crippen LogP contribution in [0.15, 0.2) is 66.3 Å². The summed E-state index contributed by atoms with van der Waals surface area (Å²) in [7, 11) is 1.64. The Balaban J connectivity index is 1.72. The lowest BCUT2D eigenvalue weighted by Crippen LogP contribution is -2.19. The SMILES string of the molecule is C=CCOc1cccc(/C=N\NC(=O)CSCc2ccc(OC)cc2)c1. The van der Waals surface area contributed by atoms with Crippen LogP contribution in [-0.4, -0.2) is 31.6 Å².